The zero-order valence-electron chi connectivity index (χ0n) is 11.5. The number of nitrogens with zero attached hydrogens (tertiary/aromatic N) is 1. The maximum atomic E-state index is 12.1. The Labute approximate surface area is 117 Å². The lowest BCUT2D eigenvalue weighted by Crippen LogP contribution is -2.34. The van der Waals surface area contributed by atoms with E-state index < -0.39 is 0 Å². The van der Waals surface area contributed by atoms with Crippen LogP contribution in [0, 0.1) is 5.92 Å². The molecule has 0 bridgehead atoms. The molecule has 2 fully saturated rings. The molecule has 2 aliphatic rings. The first-order chi connectivity index (χ1) is 9.69. The van der Waals surface area contributed by atoms with Crippen LogP contribution >= 0.6 is 0 Å². The molecule has 1 aliphatic carbocycles. The Balaban J connectivity index is 1.74. The normalized spacial score (nSPS) is 21.9. The molecule has 1 aliphatic heterocycles. The maximum absolute atomic E-state index is 12.1. The zero-order valence-corrected chi connectivity index (χ0v) is 11.5. The van der Waals surface area contributed by atoms with Gasteiger partial charge in [0.1, 0.15) is 5.75 Å². The van der Waals surface area contributed by atoms with Crippen LogP contribution in [-0.4, -0.2) is 31.5 Å². The molecule has 1 aromatic rings. The van der Waals surface area contributed by atoms with E-state index in [1.165, 1.54) is 0 Å². The molecule has 5 nitrogen and oxygen atoms in total. The van der Waals surface area contributed by atoms with Crippen molar-refractivity contribution in [2.45, 2.75) is 25.3 Å². The summed E-state index contributed by atoms with van der Waals surface area (Å²) in [6.45, 7) is 0.428. The SMILES string of the molecule is COc1ccccc1N1CC(C(=O)NC2CC2)CC1=O. The summed E-state index contributed by atoms with van der Waals surface area (Å²) in [4.78, 5) is 25.8. The molecule has 1 saturated heterocycles. The lowest BCUT2D eigenvalue weighted by Gasteiger charge is -2.19. The average Bonchev–Trinajstić information content (AvgIpc) is 3.18. The maximum Gasteiger partial charge on any atom is 0.227 e. The Bertz CT molecular complexity index is 540. The van der Waals surface area contributed by atoms with Crippen molar-refractivity contribution in [3.8, 4) is 5.75 Å². The van der Waals surface area contributed by atoms with Crippen molar-refractivity contribution in [1.29, 1.82) is 0 Å². The number of benzene rings is 1. The van der Waals surface area contributed by atoms with Crippen molar-refractivity contribution in [3.05, 3.63) is 24.3 Å². The minimum absolute atomic E-state index is 0.00162. The van der Waals surface area contributed by atoms with E-state index in [0.717, 1.165) is 18.5 Å². The van der Waals surface area contributed by atoms with E-state index in [9.17, 15) is 9.59 Å². The van der Waals surface area contributed by atoms with E-state index in [-0.39, 0.29) is 24.2 Å². The van der Waals surface area contributed by atoms with Gasteiger partial charge in [0.05, 0.1) is 18.7 Å². The predicted molar refractivity (Wildman–Crippen MR) is 74.6 cm³/mol. The standard InChI is InChI=1S/C15H18N2O3/c1-20-13-5-3-2-4-12(13)17-9-10(8-14(17)18)15(19)16-11-6-7-11/h2-5,10-11H,6-9H2,1H3,(H,16,19). The van der Waals surface area contributed by atoms with E-state index in [0.29, 0.717) is 18.3 Å². The fourth-order valence-electron chi connectivity index (χ4n) is 2.52. The van der Waals surface area contributed by atoms with Gasteiger partial charge in [-0.1, -0.05) is 12.1 Å². The summed E-state index contributed by atoms with van der Waals surface area (Å²) in [5, 5.41) is 2.97. The molecule has 0 radical (unpaired) electrons. The van der Waals surface area contributed by atoms with Crippen molar-refractivity contribution in [2.24, 2.45) is 5.92 Å². The number of methoxy groups -OCH3 is 1. The molecule has 3 rings (SSSR count). The number of amides is 2. The van der Waals surface area contributed by atoms with Crippen LogP contribution in [0.2, 0.25) is 0 Å². The van der Waals surface area contributed by atoms with Gasteiger partial charge in [-0.05, 0) is 25.0 Å². The van der Waals surface area contributed by atoms with Gasteiger partial charge in [0, 0.05) is 19.0 Å². The van der Waals surface area contributed by atoms with Gasteiger partial charge in [0.25, 0.3) is 0 Å². The fourth-order valence-corrected chi connectivity index (χ4v) is 2.52. The summed E-state index contributed by atoms with van der Waals surface area (Å²) in [5.41, 5.74) is 0.738. The lowest BCUT2D eigenvalue weighted by molar-refractivity contribution is -0.126. The average molecular weight is 274 g/mol. The molecule has 1 heterocycles. The Kier molecular flexibility index (Phi) is 3.34. The second-order valence-corrected chi connectivity index (χ2v) is 5.36. The van der Waals surface area contributed by atoms with Crippen LogP contribution in [0.5, 0.6) is 5.75 Å². The number of carbonyl (C=O) groups excluding carboxylic acids is 2. The second-order valence-electron chi connectivity index (χ2n) is 5.36. The highest BCUT2D eigenvalue weighted by molar-refractivity contribution is 6.01. The monoisotopic (exact) mass is 274 g/mol. The van der Waals surface area contributed by atoms with Gasteiger partial charge in [-0.15, -0.1) is 0 Å². The largest absolute Gasteiger partial charge is 0.495 e. The van der Waals surface area contributed by atoms with Crippen LogP contribution in [0.3, 0.4) is 0 Å². The van der Waals surface area contributed by atoms with E-state index in [1.54, 1.807) is 12.0 Å². The third kappa shape index (κ3) is 2.48. The number of carbonyl (C=O) groups is 2. The van der Waals surface area contributed by atoms with Gasteiger partial charge >= 0.3 is 0 Å². The van der Waals surface area contributed by atoms with Crippen LogP contribution in [0.4, 0.5) is 5.69 Å². The summed E-state index contributed by atoms with van der Waals surface area (Å²) in [5.74, 6) is 0.376. The van der Waals surface area contributed by atoms with Crippen molar-refractivity contribution in [3.63, 3.8) is 0 Å². The molecule has 1 unspecified atom stereocenters. The van der Waals surface area contributed by atoms with E-state index in [1.807, 2.05) is 24.3 Å². The number of nitrogens with one attached hydrogen (secondary N) is 1. The van der Waals surface area contributed by atoms with Gasteiger partial charge in [-0.2, -0.15) is 0 Å². The molecule has 1 saturated carbocycles. The Morgan fingerprint density at radius 2 is 2.10 bits per heavy atom. The molecule has 0 spiro atoms. The minimum Gasteiger partial charge on any atom is -0.495 e. The summed E-state index contributed by atoms with van der Waals surface area (Å²) in [7, 11) is 1.58. The van der Waals surface area contributed by atoms with Gasteiger partial charge in [-0.3, -0.25) is 9.59 Å². The summed E-state index contributed by atoms with van der Waals surface area (Å²) in [6.07, 6.45) is 2.39. The highest BCUT2D eigenvalue weighted by atomic mass is 16.5. The number of ether oxygens (including phenoxy) is 1. The van der Waals surface area contributed by atoms with Gasteiger partial charge in [0.2, 0.25) is 11.8 Å². The van der Waals surface area contributed by atoms with Crippen molar-refractivity contribution < 1.29 is 14.3 Å². The summed E-state index contributed by atoms with van der Waals surface area (Å²) >= 11 is 0. The number of rotatable bonds is 4. The molecule has 20 heavy (non-hydrogen) atoms. The number of para-hydroxylation sites is 2. The molecule has 2 amide bonds. The summed E-state index contributed by atoms with van der Waals surface area (Å²) < 4.78 is 5.28. The molecule has 5 heteroatoms. The van der Waals surface area contributed by atoms with Crippen LogP contribution < -0.4 is 15.0 Å². The van der Waals surface area contributed by atoms with Crippen LogP contribution in [0.25, 0.3) is 0 Å². The number of hydrogen-bond acceptors (Lipinski definition) is 3. The van der Waals surface area contributed by atoms with Crippen LogP contribution in [0.1, 0.15) is 19.3 Å². The van der Waals surface area contributed by atoms with E-state index in [4.69, 9.17) is 4.74 Å². The van der Waals surface area contributed by atoms with Crippen LogP contribution in [-0.2, 0) is 9.59 Å². The van der Waals surface area contributed by atoms with Crippen molar-refractivity contribution >= 4 is 17.5 Å². The molecular weight excluding hydrogens is 256 g/mol. The fraction of sp³-hybridized carbons (Fsp3) is 0.467. The molecule has 1 atom stereocenters. The highest BCUT2D eigenvalue weighted by Crippen LogP contribution is 2.33. The van der Waals surface area contributed by atoms with Crippen LogP contribution in [0.15, 0.2) is 24.3 Å². The molecule has 1 aromatic carbocycles. The van der Waals surface area contributed by atoms with Crippen molar-refractivity contribution in [2.75, 3.05) is 18.6 Å². The third-order valence-electron chi connectivity index (χ3n) is 3.80. The molecule has 0 aromatic heterocycles. The van der Waals surface area contributed by atoms with Gasteiger partial charge in [-0.25, -0.2) is 0 Å². The first-order valence-electron chi connectivity index (χ1n) is 6.93. The Morgan fingerprint density at radius 3 is 2.80 bits per heavy atom. The van der Waals surface area contributed by atoms with E-state index in [2.05, 4.69) is 5.32 Å². The second kappa shape index (κ2) is 5.15. The minimum atomic E-state index is -0.256. The number of anilines is 1. The molecule has 106 valence electrons. The van der Waals surface area contributed by atoms with Crippen molar-refractivity contribution in [1.82, 2.24) is 5.32 Å². The van der Waals surface area contributed by atoms with Gasteiger partial charge in [0.15, 0.2) is 0 Å². The Hall–Kier alpha value is -2.04. The third-order valence-corrected chi connectivity index (χ3v) is 3.80. The predicted octanol–water partition coefficient (Wildman–Crippen LogP) is 1.33. The smallest absolute Gasteiger partial charge is 0.227 e. The van der Waals surface area contributed by atoms with Gasteiger partial charge < -0.3 is 15.0 Å². The molecule has 1 N–H and O–H groups in total. The zero-order chi connectivity index (χ0) is 14.1. The molecular formula is C15H18N2O3. The first kappa shape index (κ1) is 13.0. The first-order valence-corrected chi connectivity index (χ1v) is 6.93. The van der Waals surface area contributed by atoms with E-state index >= 15 is 0 Å². The lowest BCUT2D eigenvalue weighted by atomic mass is 10.1. The number of hydrogen-bond donors (Lipinski definition) is 1. The Morgan fingerprint density at radius 1 is 1.35 bits per heavy atom. The quantitative estimate of drug-likeness (QED) is 0.901. The highest BCUT2D eigenvalue weighted by Gasteiger charge is 2.37. The topological polar surface area (TPSA) is 58.6 Å². The summed E-state index contributed by atoms with van der Waals surface area (Å²) in [6, 6.07) is 7.72.